The van der Waals surface area contributed by atoms with E-state index in [0.29, 0.717) is 6.61 Å². The highest BCUT2D eigenvalue weighted by molar-refractivity contribution is 5.67. The molecule has 4 nitrogen and oxygen atoms in total. The second-order valence-corrected chi connectivity index (χ2v) is 7.43. The van der Waals surface area contributed by atoms with Crippen LogP contribution in [0.3, 0.4) is 0 Å². The molecule has 0 spiro atoms. The van der Waals surface area contributed by atoms with E-state index in [-0.39, 0.29) is 5.75 Å². The van der Waals surface area contributed by atoms with Crippen LogP contribution in [0.4, 0.5) is 13.2 Å². The van der Waals surface area contributed by atoms with Crippen LogP contribution in [0.25, 0.3) is 22.4 Å². The van der Waals surface area contributed by atoms with E-state index in [0.717, 1.165) is 47.8 Å². The van der Waals surface area contributed by atoms with Crippen molar-refractivity contribution < 1.29 is 22.6 Å². The van der Waals surface area contributed by atoms with Crippen molar-refractivity contribution in [1.29, 1.82) is 0 Å². The summed E-state index contributed by atoms with van der Waals surface area (Å²) in [5, 5.41) is 0. The number of pyridine rings is 1. The van der Waals surface area contributed by atoms with Crippen molar-refractivity contribution in [2.24, 2.45) is 0 Å². The Balaban J connectivity index is 1.35. The first-order valence-corrected chi connectivity index (χ1v) is 10.2. The molecule has 0 radical (unpaired) electrons. The second kappa shape index (κ2) is 9.39. The van der Waals surface area contributed by atoms with Crippen molar-refractivity contribution in [2.45, 2.75) is 19.2 Å². The third-order valence-electron chi connectivity index (χ3n) is 5.21. The largest absolute Gasteiger partial charge is 0.573 e. The Labute approximate surface area is 179 Å². The molecular formula is C24H23F3N2O2. The van der Waals surface area contributed by atoms with Crippen molar-refractivity contribution in [2.75, 3.05) is 26.2 Å². The van der Waals surface area contributed by atoms with Crippen LogP contribution < -0.4 is 9.47 Å². The molecular weight excluding hydrogens is 405 g/mol. The topological polar surface area (TPSA) is 34.6 Å². The third kappa shape index (κ3) is 5.98. The Morgan fingerprint density at radius 2 is 1.39 bits per heavy atom. The lowest BCUT2D eigenvalue weighted by Gasteiger charge is -2.15. The Morgan fingerprint density at radius 1 is 0.774 bits per heavy atom. The molecule has 0 bridgehead atoms. The summed E-state index contributed by atoms with van der Waals surface area (Å²) in [6.07, 6.45) is -0.439. The molecule has 0 aliphatic carbocycles. The predicted octanol–water partition coefficient (Wildman–Crippen LogP) is 5.79. The van der Waals surface area contributed by atoms with E-state index < -0.39 is 6.36 Å². The number of nitrogens with zero attached hydrogens (tertiary/aromatic N) is 2. The number of halogens is 3. The van der Waals surface area contributed by atoms with Gasteiger partial charge in [-0.05, 0) is 74.0 Å². The zero-order valence-electron chi connectivity index (χ0n) is 16.9. The van der Waals surface area contributed by atoms with Crippen molar-refractivity contribution >= 4 is 0 Å². The number of benzene rings is 2. The summed E-state index contributed by atoms with van der Waals surface area (Å²) in [5.74, 6) is 0.587. The minimum atomic E-state index is -4.70. The van der Waals surface area contributed by atoms with Gasteiger partial charge >= 0.3 is 6.36 Å². The van der Waals surface area contributed by atoms with E-state index in [1.807, 2.05) is 36.4 Å². The molecule has 1 aliphatic rings. The molecule has 0 atom stereocenters. The van der Waals surface area contributed by atoms with E-state index in [9.17, 15) is 13.2 Å². The molecule has 1 saturated heterocycles. The smallest absolute Gasteiger partial charge is 0.492 e. The molecule has 1 aliphatic heterocycles. The van der Waals surface area contributed by atoms with E-state index >= 15 is 0 Å². The zero-order chi connectivity index (χ0) is 21.7. The molecule has 0 saturated carbocycles. The van der Waals surface area contributed by atoms with Crippen molar-refractivity contribution in [3.8, 4) is 33.9 Å². The highest BCUT2D eigenvalue weighted by atomic mass is 19.4. The number of hydrogen-bond acceptors (Lipinski definition) is 4. The maximum absolute atomic E-state index is 12.3. The van der Waals surface area contributed by atoms with Crippen molar-refractivity contribution in [3.63, 3.8) is 0 Å². The summed E-state index contributed by atoms with van der Waals surface area (Å²) in [5.41, 5.74) is 3.34. The number of ether oxygens (including phenoxy) is 2. The highest BCUT2D eigenvalue weighted by Crippen LogP contribution is 2.28. The Bertz CT molecular complexity index is 966. The van der Waals surface area contributed by atoms with E-state index in [1.165, 1.54) is 25.0 Å². The Kier molecular flexibility index (Phi) is 6.42. The van der Waals surface area contributed by atoms with E-state index in [1.54, 1.807) is 18.3 Å². The fraction of sp³-hybridized carbons (Fsp3) is 0.292. The van der Waals surface area contributed by atoms with Gasteiger partial charge < -0.3 is 9.47 Å². The molecule has 31 heavy (non-hydrogen) atoms. The van der Waals surface area contributed by atoms with Crippen LogP contribution in [-0.2, 0) is 0 Å². The van der Waals surface area contributed by atoms with Crippen LogP contribution in [0.2, 0.25) is 0 Å². The Hall–Kier alpha value is -3.06. The van der Waals surface area contributed by atoms with Gasteiger partial charge in [-0.2, -0.15) is 0 Å². The fourth-order valence-corrected chi connectivity index (χ4v) is 3.61. The molecule has 4 rings (SSSR count). The van der Waals surface area contributed by atoms with Crippen LogP contribution in [0.1, 0.15) is 12.8 Å². The first-order chi connectivity index (χ1) is 15.0. The average Bonchev–Trinajstić information content (AvgIpc) is 3.28. The predicted molar refractivity (Wildman–Crippen MR) is 113 cm³/mol. The van der Waals surface area contributed by atoms with Crippen molar-refractivity contribution in [3.05, 3.63) is 66.9 Å². The maximum Gasteiger partial charge on any atom is 0.573 e. The summed E-state index contributed by atoms with van der Waals surface area (Å²) >= 11 is 0. The minimum absolute atomic E-state index is 0.247. The summed E-state index contributed by atoms with van der Waals surface area (Å²) < 4.78 is 46.6. The lowest BCUT2D eigenvalue weighted by Crippen LogP contribution is -2.25. The van der Waals surface area contributed by atoms with Crippen LogP contribution in [0.15, 0.2) is 66.9 Å². The number of hydrogen-bond donors (Lipinski definition) is 0. The molecule has 0 amide bonds. The first kappa shape index (κ1) is 21.2. The minimum Gasteiger partial charge on any atom is -0.492 e. The van der Waals surface area contributed by atoms with Gasteiger partial charge in [0.05, 0.1) is 5.69 Å². The number of alkyl halides is 3. The molecule has 0 unspecified atom stereocenters. The fourth-order valence-electron chi connectivity index (χ4n) is 3.61. The molecule has 0 N–H and O–H groups in total. The van der Waals surface area contributed by atoms with E-state index in [2.05, 4.69) is 14.6 Å². The quantitative estimate of drug-likeness (QED) is 0.477. The maximum atomic E-state index is 12.3. The van der Waals surface area contributed by atoms with E-state index in [4.69, 9.17) is 4.74 Å². The highest BCUT2D eigenvalue weighted by Gasteiger charge is 2.30. The SMILES string of the molecule is FC(F)(F)Oc1ccc(-c2ccc(-c3ccc(OCCN4CCCC4)cc3)nc2)cc1. The molecule has 1 fully saturated rings. The summed E-state index contributed by atoms with van der Waals surface area (Å²) in [6, 6.07) is 17.3. The summed E-state index contributed by atoms with van der Waals surface area (Å²) in [6.45, 7) is 3.96. The van der Waals surface area contributed by atoms with Gasteiger partial charge in [0.25, 0.3) is 0 Å². The number of rotatable bonds is 7. The van der Waals surface area contributed by atoms with Gasteiger partial charge in [0, 0.05) is 23.9 Å². The first-order valence-electron chi connectivity index (χ1n) is 10.2. The number of aromatic nitrogens is 1. The molecule has 2 heterocycles. The molecule has 2 aromatic carbocycles. The van der Waals surface area contributed by atoms with Gasteiger partial charge in [0.2, 0.25) is 0 Å². The number of likely N-dealkylation sites (tertiary alicyclic amines) is 1. The van der Waals surface area contributed by atoms with Gasteiger partial charge in [0.1, 0.15) is 18.1 Å². The third-order valence-corrected chi connectivity index (χ3v) is 5.21. The van der Waals surface area contributed by atoms with Gasteiger partial charge in [-0.25, -0.2) is 0 Å². The van der Waals surface area contributed by atoms with Crippen molar-refractivity contribution in [1.82, 2.24) is 9.88 Å². The molecule has 1 aromatic heterocycles. The molecule has 7 heteroatoms. The summed E-state index contributed by atoms with van der Waals surface area (Å²) in [7, 11) is 0. The molecule has 3 aromatic rings. The second-order valence-electron chi connectivity index (χ2n) is 7.43. The lowest BCUT2D eigenvalue weighted by atomic mass is 10.1. The van der Waals surface area contributed by atoms with Gasteiger partial charge in [-0.15, -0.1) is 13.2 Å². The molecule has 162 valence electrons. The normalized spacial score (nSPS) is 14.5. The van der Waals surface area contributed by atoms with Gasteiger partial charge in [-0.1, -0.05) is 18.2 Å². The van der Waals surface area contributed by atoms with Gasteiger partial charge in [0.15, 0.2) is 0 Å². The summed E-state index contributed by atoms with van der Waals surface area (Å²) in [4.78, 5) is 6.91. The van der Waals surface area contributed by atoms with Gasteiger partial charge in [-0.3, -0.25) is 9.88 Å². The standard InChI is InChI=1S/C24H23F3N2O2/c25-24(26,27)31-22-10-3-18(4-11-22)20-7-12-23(28-17-20)19-5-8-21(9-6-19)30-16-15-29-13-1-2-14-29/h3-12,17H,1-2,13-16H2. The van der Waals surface area contributed by atoms with Crippen LogP contribution in [-0.4, -0.2) is 42.5 Å². The van der Waals surface area contributed by atoms with Crippen LogP contribution in [0.5, 0.6) is 11.5 Å². The van der Waals surface area contributed by atoms with Crippen LogP contribution >= 0.6 is 0 Å². The lowest BCUT2D eigenvalue weighted by molar-refractivity contribution is -0.274. The zero-order valence-corrected chi connectivity index (χ0v) is 16.9. The Morgan fingerprint density at radius 3 is 2.00 bits per heavy atom. The van der Waals surface area contributed by atoms with Crippen LogP contribution in [0, 0.1) is 0 Å². The average molecular weight is 428 g/mol. The monoisotopic (exact) mass is 428 g/mol.